The molecule has 7 aromatic rings. The van der Waals surface area contributed by atoms with Gasteiger partial charge in [-0.3, -0.25) is 0 Å². The molecular weight excluding hydrogens is 897 g/mol. The predicted molar refractivity (Wildman–Crippen MR) is 311 cm³/mol. The minimum Gasteiger partial charge on any atom is -0.347 e. The summed E-state index contributed by atoms with van der Waals surface area (Å²) in [6, 6.07) is 55.2. The lowest BCUT2D eigenvalue weighted by atomic mass is 9.68. The van der Waals surface area contributed by atoms with Crippen LogP contribution in [0.2, 0.25) is 0 Å². The van der Waals surface area contributed by atoms with Crippen molar-refractivity contribution in [2.45, 2.75) is 127 Å². The van der Waals surface area contributed by atoms with E-state index in [1.54, 1.807) is 0 Å². The van der Waals surface area contributed by atoms with E-state index in [2.05, 4.69) is 243 Å². The van der Waals surface area contributed by atoms with Crippen molar-refractivity contribution in [2.24, 2.45) is 0 Å². The van der Waals surface area contributed by atoms with Gasteiger partial charge in [-0.2, -0.15) is 9.15 Å². The zero-order valence-corrected chi connectivity index (χ0v) is 44.6. The van der Waals surface area contributed by atoms with E-state index in [4.69, 9.17) is 0 Å². The van der Waals surface area contributed by atoms with Crippen molar-refractivity contribution < 1.29 is 9.15 Å². The molecule has 74 heavy (non-hydrogen) atoms. The second-order valence-corrected chi connectivity index (χ2v) is 23.6. The van der Waals surface area contributed by atoms with Gasteiger partial charge in [-0.1, -0.05) is 160 Å². The highest BCUT2D eigenvalue weighted by atomic mass is 15.2. The van der Waals surface area contributed by atoms with Crippen LogP contribution in [0.15, 0.2) is 193 Å². The number of hydrogen-bond acceptors (Lipinski definition) is 2. The fraction of sp³-hybridized carbons (Fsp3) is 0.314. The van der Waals surface area contributed by atoms with Crippen LogP contribution in [0, 0.1) is 0 Å². The number of nitrogens with zero attached hydrogens (tertiary/aromatic N) is 4. The Hall–Kier alpha value is -7.04. The van der Waals surface area contributed by atoms with Crippen molar-refractivity contribution >= 4 is 55.7 Å². The molecule has 0 N–H and O–H groups in total. The Morgan fingerprint density at radius 2 is 0.811 bits per heavy atom. The van der Waals surface area contributed by atoms with E-state index in [1.165, 1.54) is 165 Å². The highest BCUT2D eigenvalue weighted by Crippen LogP contribution is 2.56. The summed E-state index contributed by atoms with van der Waals surface area (Å²) in [6.45, 7) is 11.3. The van der Waals surface area contributed by atoms with E-state index in [9.17, 15) is 0 Å². The SMILES string of the molecule is CN1/C(=C/C=C/C2=[N+](Cc3ccc(C[N+]4=C(/C=C/C=C5/N(C)c6ccccc6C56CCCCC6)C(C)(C)c5c4ccc4ccccc54)cc3)c3ccc4ccccc4c3C2(C)C)C2(CCCCC2)c2ccccc21. The summed E-state index contributed by atoms with van der Waals surface area (Å²) in [7, 11) is 4.57. The molecule has 4 heterocycles. The summed E-state index contributed by atoms with van der Waals surface area (Å²) in [5.41, 5.74) is 19.2. The Balaban J connectivity index is 0.863. The summed E-state index contributed by atoms with van der Waals surface area (Å²) in [5, 5.41) is 5.29. The molecule has 6 aliphatic rings. The lowest BCUT2D eigenvalue weighted by Gasteiger charge is -2.36. The van der Waals surface area contributed by atoms with E-state index in [-0.39, 0.29) is 21.7 Å². The van der Waals surface area contributed by atoms with Gasteiger partial charge in [-0.05, 0) is 122 Å². The molecule has 2 aliphatic carbocycles. The molecule has 4 aliphatic heterocycles. The zero-order valence-electron chi connectivity index (χ0n) is 44.6. The fourth-order valence-electron chi connectivity index (χ4n) is 15.4. The monoisotopic (exact) mass is 969 g/mol. The van der Waals surface area contributed by atoms with Gasteiger partial charge in [-0.25, -0.2) is 0 Å². The molecule has 13 rings (SSSR count). The van der Waals surface area contributed by atoms with Crippen LogP contribution in [-0.2, 0) is 34.7 Å². The van der Waals surface area contributed by atoms with Crippen LogP contribution in [0.4, 0.5) is 22.7 Å². The first kappa shape index (κ1) is 46.7. The van der Waals surface area contributed by atoms with Crippen molar-refractivity contribution in [1.29, 1.82) is 0 Å². The van der Waals surface area contributed by atoms with Gasteiger partial charge in [0.2, 0.25) is 11.4 Å². The van der Waals surface area contributed by atoms with Crippen LogP contribution < -0.4 is 9.80 Å². The molecule has 0 radical (unpaired) electrons. The molecule has 2 saturated carbocycles. The largest absolute Gasteiger partial charge is 0.347 e. The average molecular weight is 969 g/mol. The number of para-hydroxylation sites is 2. The number of benzene rings is 7. The first-order chi connectivity index (χ1) is 36.0. The van der Waals surface area contributed by atoms with Crippen molar-refractivity contribution in [2.75, 3.05) is 23.9 Å². The van der Waals surface area contributed by atoms with Crippen LogP contribution in [-0.4, -0.2) is 34.7 Å². The number of anilines is 2. The molecule has 4 nitrogen and oxygen atoms in total. The van der Waals surface area contributed by atoms with E-state index < -0.39 is 0 Å². The van der Waals surface area contributed by atoms with E-state index >= 15 is 0 Å². The minimum atomic E-state index is -0.206. The minimum absolute atomic E-state index is 0.0924. The predicted octanol–water partition coefficient (Wildman–Crippen LogP) is 16.7. The number of likely N-dealkylation sites (N-methyl/N-ethyl adjacent to an activating group) is 2. The second kappa shape index (κ2) is 17.8. The average Bonchev–Trinajstić information content (AvgIpc) is 3.98. The van der Waals surface area contributed by atoms with Gasteiger partial charge in [0.1, 0.15) is 0 Å². The zero-order chi connectivity index (χ0) is 50.4. The first-order valence-corrected chi connectivity index (χ1v) is 27.9. The topological polar surface area (TPSA) is 12.5 Å². The quantitative estimate of drug-likeness (QED) is 0.141. The maximum absolute atomic E-state index is 2.61. The standard InChI is InChI=1S/C70H72N4/c1-67(2)61(31-21-33-63-69(43-17-7-18-44-69)55-27-13-15-29-57(55)71(63)5)73(59-41-39-51-23-9-11-25-53(51)65(59)67)47-49-35-37-50(38-36-49)48-74-60-42-40-52-24-10-12-26-54(52)66(60)68(3,4)62(74)32-22-34-64-70(45-19-8-20-46-70)56-28-14-16-30-58(56)72(64)6/h9-16,21-42H,7-8,17-20,43-48H2,1-6H3/q+2. The van der Waals surface area contributed by atoms with Crippen LogP contribution >= 0.6 is 0 Å². The van der Waals surface area contributed by atoms with Crippen molar-refractivity contribution in [1.82, 2.24) is 0 Å². The molecule has 7 aromatic carbocycles. The molecule has 0 saturated heterocycles. The molecule has 370 valence electrons. The first-order valence-electron chi connectivity index (χ1n) is 27.9. The fourth-order valence-corrected chi connectivity index (χ4v) is 15.4. The number of rotatable bonds is 8. The van der Waals surface area contributed by atoms with Crippen molar-refractivity contribution in [3.05, 3.63) is 227 Å². The third-order valence-corrected chi connectivity index (χ3v) is 18.9. The molecule has 0 unspecified atom stereocenters. The summed E-state index contributed by atoms with van der Waals surface area (Å²) in [4.78, 5) is 4.96. The van der Waals surface area contributed by atoms with E-state index in [0.29, 0.717) is 0 Å². The molecule has 0 aromatic heterocycles. The molecular formula is C70H72N4+2. The molecule has 0 bridgehead atoms. The third kappa shape index (κ3) is 7.14. The Bertz CT molecular complexity index is 3360. The number of allylic oxidation sites excluding steroid dienone is 8. The van der Waals surface area contributed by atoms with Gasteiger partial charge < -0.3 is 9.80 Å². The number of fused-ring (bicyclic) bond motifs is 10. The molecule has 0 amide bonds. The van der Waals surface area contributed by atoms with Gasteiger partial charge in [0, 0.05) is 94.2 Å². The Morgan fingerprint density at radius 1 is 0.432 bits per heavy atom. The van der Waals surface area contributed by atoms with Crippen molar-refractivity contribution in [3.8, 4) is 0 Å². The van der Waals surface area contributed by atoms with Crippen molar-refractivity contribution in [3.63, 3.8) is 0 Å². The Labute approximate surface area is 440 Å². The molecule has 2 fully saturated rings. The summed E-state index contributed by atoms with van der Waals surface area (Å²) >= 11 is 0. The van der Waals surface area contributed by atoms with E-state index in [0.717, 1.165) is 13.1 Å². The maximum Gasteiger partial charge on any atom is 0.210 e. The number of hydrogen-bond donors (Lipinski definition) is 0. The van der Waals surface area contributed by atoms with Gasteiger partial charge in [0.15, 0.2) is 24.5 Å². The molecule has 0 atom stereocenters. The lowest BCUT2D eigenvalue weighted by molar-refractivity contribution is -0.455. The second-order valence-electron chi connectivity index (χ2n) is 23.6. The van der Waals surface area contributed by atoms with E-state index in [1.807, 2.05) is 0 Å². The highest BCUT2D eigenvalue weighted by Gasteiger charge is 2.50. The van der Waals surface area contributed by atoms with Gasteiger partial charge in [-0.15, -0.1) is 0 Å². The summed E-state index contributed by atoms with van der Waals surface area (Å²) in [6.07, 6.45) is 27.2. The highest BCUT2D eigenvalue weighted by molar-refractivity contribution is 6.09. The third-order valence-electron chi connectivity index (χ3n) is 18.9. The van der Waals surface area contributed by atoms with Gasteiger partial charge in [0.25, 0.3) is 0 Å². The maximum atomic E-state index is 2.61. The summed E-state index contributed by atoms with van der Waals surface area (Å²) in [5.74, 6) is 0. The lowest BCUT2D eigenvalue weighted by Crippen LogP contribution is -2.32. The van der Waals surface area contributed by atoms with Gasteiger partial charge in [0.05, 0.1) is 10.8 Å². The van der Waals surface area contributed by atoms with Crippen LogP contribution in [0.3, 0.4) is 0 Å². The smallest absolute Gasteiger partial charge is 0.210 e. The van der Waals surface area contributed by atoms with Gasteiger partial charge >= 0.3 is 0 Å². The molecule has 4 heteroatoms. The summed E-state index contributed by atoms with van der Waals surface area (Å²) < 4.78 is 5.23. The Morgan fingerprint density at radius 3 is 1.23 bits per heavy atom. The van der Waals surface area contributed by atoms with Crippen LogP contribution in [0.5, 0.6) is 0 Å². The normalized spacial score (nSPS) is 21.2. The Kier molecular flexibility index (Phi) is 11.3. The van der Waals surface area contributed by atoms with Crippen LogP contribution in [0.1, 0.15) is 125 Å². The molecule has 2 spiro atoms. The van der Waals surface area contributed by atoms with Crippen LogP contribution in [0.25, 0.3) is 21.5 Å².